The van der Waals surface area contributed by atoms with Gasteiger partial charge in [0.25, 0.3) is 0 Å². The van der Waals surface area contributed by atoms with E-state index in [1.165, 1.54) is 57.8 Å². The highest BCUT2D eigenvalue weighted by Gasteiger charge is 2.25. The summed E-state index contributed by atoms with van der Waals surface area (Å²) in [7, 11) is 0. The van der Waals surface area contributed by atoms with Crippen LogP contribution in [0.1, 0.15) is 70.6 Å². The highest BCUT2D eigenvalue weighted by molar-refractivity contribution is 5.70. The second-order valence-electron chi connectivity index (χ2n) is 5.70. The fourth-order valence-corrected chi connectivity index (χ4v) is 3.09. The number of hydrogen-bond donors (Lipinski definition) is 2. The van der Waals surface area contributed by atoms with Crippen LogP contribution in [0, 0.1) is 11.8 Å². The molecule has 1 saturated carbocycles. The Morgan fingerprint density at radius 2 is 1.33 bits per heavy atom. The van der Waals surface area contributed by atoms with Crippen molar-refractivity contribution < 1.29 is 9.90 Å². The minimum Gasteiger partial charge on any atom is -0.481 e. The molecular weight excluding hydrogens is 226 g/mol. The van der Waals surface area contributed by atoms with E-state index in [-0.39, 0.29) is 5.92 Å². The van der Waals surface area contributed by atoms with Gasteiger partial charge >= 0.3 is 5.97 Å². The van der Waals surface area contributed by atoms with Gasteiger partial charge in [-0.1, -0.05) is 57.8 Å². The van der Waals surface area contributed by atoms with Crippen LogP contribution in [0.5, 0.6) is 0 Å². The Kier molecular flexibility index (Phi) is 8.06. The zero-order chi connectivity index (χ0) is 13.2. The van der Waals surface area contributed by atoms with Gasteiger partial charge < -0.3 is 10.8 Å². The summed E-state index contributed by atoms with van der Waals surface area (Å²) in [6.45, 7) is 0.292. The summed E-state index contributed by atoms with van der Waals surface area (Å²) in [4.78, 5) is 11.2. The average Bonchev–Trinajstić information content (AvgIpc) is 2.32. The lowest BCUT2D eigenvalue weighted by Crippen LogP contribution is -2.31. The van der Waals surface area contributed by atoms with Gasteiger partial charge in [0.1, 0.15) is 0 Å². The first-order valence-electron chi connectivity index (χ1n) is 7.68. The molecule has 3 nitrogen and oxygen atoms in total. The van der Waals surface area contributed by atoms with Crippen molar-refractivity contribution in [1.29, 1.82) is 0 Å². The van der Waals surface area contributed by atoms with E-state index in [0.717, 1.165) is 12.8 Å². The van der Waals surface area contributed by atoms with Crippen LogP contribution in [-0.2, 0) is 4.79 Å². The molecular formula is C15H29NO2. The smallest absolute Gasteiger partial charge is 0.308 e. The summed E-state index contributed by atoms with van der Waals surface area (Å²) in [5, 5.41) is 9.23. The molecule has 0 aliphatic heterocycles. The quantitative estimate of drug-likeness (QED) is 0.810. The number of rotatable bonds is 3. The number of aliphatic carboxylic acids is 1. The maximum absolute atomic E-state index is 11.2. The highest BCUT2D eigenvalue weighted by Crippen LogP contribution is 2.26. The molecule has 18 heavy (non-hydrogen) atoms. The molecule has 1 aliphatic carbocycles. The summed E-state index contributed by atoms with van der Waals surface area (Å²) < 4.78 is 0. The SMILES string of the molecule is NCC(C(=O)O)C1CCCCCCCCCCC1. The second kappa shape index (κ2) is 9.37. The molecule has 0 bridgehead atoms. The molecule has 0 aromatic rings. The summed E-state index contributed by atoms with van der Waals surface area (Å²) in [5.41, 5.74) is 5.64. The number of carboxylic acids is 1. The number of nitrogens with two attached hydrogens (primary N) is 1. The zero-order valence-corrected chi connectivity index (χ0v) is 11.6. The molecule has 1 fully saturated rings. The van der Waals surface area contributed by atoms with E-state index >= 15 is 0 Å². The monoisotopic (exact) mass is 255 g/mol. The van der Waals surface area contributed by atoms with Gasteiger partial charge in [-0.25, -0.2) is 0 Å². The highest BCUT2D eigenvalue weighted by atomic mass is 16.4. The first-order chi connectivity index (χ1) is 8.75. The van der Waals surface area contributed by atoms with E-state index in [0.29, 0.717) is 12.5 Å². The van der Waals surface area contributed by atoms with Gasteiger partial charge in [-0.3, -0.25) is 4.79 Å². The molecule has 3 N–H and O–H groups in total. The van der Waals surface area contributed by atoms with Gasteiger partial charge in [-0.05, 0) is 18.8 Å². The van der Waals surface area contributed by atoms with Crippen LogP contribution in [0.4, 0.5) is 0 Å². The molecule has 0 aromatic heterocycles. The molecule has 106 valence electrons. The molecule has 1 rings (SSSR count). The van der Waals surface area contributed by atoms with E-state index in [4.69, 9.17) is 5.73 Å². The average molecular weight is 255 g/mol. The molecule has 1 atom stereocenters. The Labute approximate surface area is 111 Å². The third-order valence-electron chi connectivity index (χ3n) is 4.29. The Morgan fingerprint density at radius 3 is 1.67 bits per heavy atom. The summed E-state index contributed by atoms with van der Waals surface area (Å²) in [6.07, 6.45) is 13.7. The van der Waals surface area contributed by atoms with Gasteiger partial charge in [0.05, 0.1) is 5.92 Å². The maximum atomic E-state index is 11.2. The molecule has 1 unspecified atom stereocenters. The molecule has 0 radical (unpaired) electrons. The molecule has 1 aliphatic rings. The van der Waals surface area contributed by atoms with Gasteiger partial charge in [-0.2, -0.15) is 0 Å². The van der Waals surface area contributed by atoms with Crippen molar-refractivity contribution in [3.63, 3.8) is 0 Å². The second-order valence-corrected chi connectivity index (χ2v) is 5.70. The summed E-state index contributed by atoms with van der Waals surface area (Å²) >= 11 is 0. The summed E-state index contributed by atoms with van der Waals surface area (Å²) in [6, 6.07) is 0. The number of hydrogen-bond acceptors (Lipinski definition) is 2. The van der Waals surface area contributed by atoms with Gasteiger partial charge in [0.2, 0.25) is 0 Å². The third-order valence-corrected chi connectivity index (χ3v) is 4.29. The molecule has 0 heterocycles. The third kappa shape index (κ3) is 5.85. The first kappa shape index (κ1) is 15.5. The summed E-state index contributed by atoms with van der Waals surface area (Å²) in [5.74, 6) is -0.727. The van der Waals surface area contributed by atoms with Crippen LogP contribution in [0.25, 0.3) is 0 Å². The van der Waals surface area contributed by atoms with E-state index in [1.54, 1.807) is 0 Å². The fourth-order valence-electron chi connectivity index (χ4n) is 3.09. The molecule has 0 saturated heterocycles. The fraction of sp³-hybridized carbons (Fsp3) is 0.933. The van der Waals surface area contributed by atoms with Crippen LogP contribution < -0.4 is 5.73 Å². The Hall–Kier alpha value is -0.570. The van der Waals surface area contributed by atoms with Crippen molar-refractivity contribution in [3.05, 3.63) is 0 Å². The zero-order valence-electron chi connectivity index (χ0n) is 11.6. The van der Waals surface area contributed by atoms with Crippen molar-refractivity contribution in [2.75, 3.05) is 6.54 Å². The lowest BCUT2D eigenvalue weighted by Gasteiger charge is -2.23. The van der Waals surface area contributed by atoms with Crippen molar-refractivity contribution in [3.8, 4) is 0 Å². The predicted molar refractivity (Wildman–Crippen MR) is 74.5 cm³/mol. The molecule has 0 aromatic carbocycles. The van der Waals surface area contributed by atoms with Gasteiger partial charge in [0.15, 0.2) is 0 Å². The normalized spacial score (nSPS) is 22.7. The Bertz CT molecular complexity index is 219. The van der Waals surface area contributed by atoms with Crippen molar-refractivity contribution >= 4 is 5.97 Å². The van der Waals surface area contributed by atoms with Crippen LogP contribution >= 0.6 is 0 Å². The first-order valence-corrected chi connectivity index (χ1v) is 7.68. The van der Waals surface area contributed by atoms with Gasteiger partial charge in [-0.15, -0.1) is 0 Å². The van der Waals surface area contributed by atoms with E-state index in [2.05, 4.69) is 0 Å². The van der Waals surface area contributed by atoms with E-state index < -0.39 is 5.97 Å². The van der Waals surface area contributed by atoms with Crippen LogP contribution in [0.3, 0.4) is 0 Å². The van der Waals surface area contributed by atoms with Crippen LogP contribution in [-0.4, -0.2) is 17.6 Å². The van der Waals surface area contributed by atoms with Gasteiger partial charge in [0, 0.05) is 6.54 Å². The molecule has 3 heteroatoms. The van der Waals surface area contributed by atoms with Crippen molar-refractivity contribution in [1.82, 2.24) is 0 Å². The van der Waals surface area contributed by atoms with Crippen LogP contribution in [0.2, 0.25) is 0 Å². The van der Waals surface area contributed by atoms with Crippen LogP contribution in [0.15, 0.2) is 0 Å². The minimum atomic E-state index is -0.699. The van der Waals surface area contributed by atoms with Crippen molar-refractivity contribution in [2.24, 2.45) is 17.6 Å². The maximum Gasteiger partial charge on any atom is 0.308 e. The molecule has 0 amide bonds. The minimum absolute atomic E-state index is 0.292. The van der Waals surface area contributed by atoms with E-state index in [9.17, 15) is 9.90 Å². The lowest BCUT2D eigenvalue weighted by atomic mass is 9.83. The molecule has 0 spiro atoms. The standard InChI is InChI=1S/C15H29NO2/c16-12-14(15(17)18)13-10-8-6-4-2-1-3-5-7-9-11-13/h13-14H,1-12,16H2,(H,17,18). The Morgan fingerprint density at radius 1 is 0.944 bits per heavy atom. The number of carboxylic acid groups (broad SMARTS) is 1. The lowest BCUT2D eigenvalue weighted by molar-refractivity contribution is -0.143. The predicted octanol–water partition coefficient (Wildman–Crippen LogP) is 3.57. The largest absolute Gasteiger partial charge is 0.481 e. The Balaban J connectivity index is 2.47. The topological polar surface area (TPSA) is 63.3 Å². The van der Waals surface area contributed by atoms with E-state index in [1.807, 2.05) is 0 Å². The number of carbonyl (C=O) groups is 1. The van der Waals surface area contributed by atoms with Crippen molar-refractivity contribution in [2.45, 2.75) is 70.6 Å².